The lowest BCUT2D eigenvalue weighted by Crippen LogP contribution is -2.37. The zero-order chi connectivity index (χ0) is 23.3. The van der Waals surface area contributed by atoms with Gasteiger partial charge in [0.25, 0.3) is 5.91 Å². The summed E-state index contributed by atoms with van der Waals surface area (Å²) in [5, 5.41) is 0. The van der Waals surface area contributed by atoms with Gasteiger partial charge in [0.05, 0.1) is 18.1 Å². The van der Waals surface area contributed by atoms with Crippen molar-refractivity contribution >= 4 is 16.9 Å². The van der Waals surface area contributed by atoms with Crippen molar-refractivity contribution in [1.29, 1.82) is 0 Å². The van der Waals surface area contributed by atoms with E-state index in [2.05, 4.69) is 51.3 Å². The van der Waals surface area contributed by atoms with Gasteiger partial charge < -0.3 is 14.2 Å². The second kappa shape index (κ2) is 10.7. The molecule has 0 aliphatic rings. The van der Waals surface area contributed by atoms with Gasteiger partial charge in [-0.15, -0.1) is 0 Å². The van der Waals surface area contributed by atoms with E-state index in [1.54, 1.807) is 7.11 Å². The molecule has 0 N–H and O–H groups in total. The average Bonchev–Trinajstić information content (AvgIpc) is 3.08. The molecule has 2 aromatic carbocycles. The number of amides is 1. The highest BCUT2D eigenvalue weighted by molar-refractivity contribution is 5.97. The molecule has 0 spiro atoms. The SMILES string of the molecule is CCCn1c(Cc2cccc(OC)c2)nc2ccc(C(=O)N(CC(C)C)CC(C)C)cc21. The first-order valence-corrected chi connectivity index (χ1v) is 11.7. The second-order valence-electron chi connectivity index (χ2n) is 9.41. The van der Waals surface area contributed by atoms with E-state index in [1.165, 1.54) is 0 Å². The number of nitrogens with zero attached hydrogens (tertiary/aromatic N) is 3. The van der Waals surface area contributed by atoms with Crippen LogP contribution in [-0.4, -0.2) is 40.6 Å². The minimum atomic E-state index is 0.105. The van der Waals surface area contributed by atoms with Gasteiger partial charge in [-0.2, -0.15) is 0 Å². The van der Waals surface area contributed by atoms with E-state index >= 15 is 0 Å². The summed E-state index contributed by atoms with van der Waals surface area (Å²) in [5.74, 6) is 2.83. The van der Waals surface area contributed by atoms with Gasteiger partial charge in [0.15, 0.2) is 0 Å². The molecule has 0 aliphatic heterocycles. The molecular formula is C27H37N3O2. The van der Waals surface area contributed by atoms with Crippen LogP contribution < -0.4 is 4.74 Å². The Bertz CT molecular complexity index is 1040. The number of carbonyl (C=O) groups excluding carboxylic acids is 1. The normalized spacial score (nSPS) is 11.5. The Morgan fingerprint density at radius 1 is 1.06 bits per heavy atom. The van der Waals surface area contributed by atoms with Gasteiger partial charge in [0, 0.05) is 31.6 Å². The first-order valence-electron chi connectivity index (χ1n) is 11.7. The lowest BCUT2D eigenvalue weighted by atomic mass is 10.1. The smallest absolute Gasteiger partial charge is 0.253 e. The summed E-state index contributed by atoms with van der Waals surface area (Å²) in [6, 6.07) is 14.1. The molecule has 3 rings (SSSR count). The number of benzene rings is 2. The molecular weight excluding hydrogens is 398 g/mol. The van der Waals surface area contributed by atoms with Crippen molar-refractivity contribution in [3.05, 3.63) is 59.4 Å². The third-order valence-electron chi connectivity index (χ3n) is 5.48. The predicted octanol–water partition coefficient (Wildman–Crippen LogP) is 5.80. The number of hydrogen-bond acceptors (Lipinski definition) is 3. The zero-order valence-electron chi connectivity index (χ0n) is 20.4. The Morgan fingerprint density at radius 3 is 2.41 bits per heavy atom. The summed E-state index contributed by atoms with van der Waals surface area (Å²) in [6.45, 7) is 13.2. The van der Waals surface area contributed by atoms with Gasteiger partial charge in [-0.3, -0.25) is 4.79 Å². The summed E-state index contributed by atoms with van der Waals surface area (Å²) in [7, 11) is 1.69. The van der Waals surface area contributed by atoms with Crippen molar-refractivity contribution < 1.29 is 9.53 Å². The highest BCUT2D eigenvalue weighted by Crippen LogP contribution is 2.23. The zero-order valence-corrected chi connectivity index (χ0v) is 20.4. The second-order valence-corrected chi connectivity index (χ2v) is 9.41. The number of carbonyl (C=O) groups is 1. The number of aromatic nitrogens is 2. The minimum absolute atomic E-state index is 0.105. The number of aryl methyl sites for hydroxylation is 1. The average molecular weight is 436 g/mol. The van der Waals surface area contributed by atoms with Crippen molar-refractivity contribution in [1.82, 2.24) is 14.5 Å². The minimum Gasteiger partial charge on any atom is -0.497 e. The van der Waals surface area contributed by atoms with Crippen LogP contribution >= 0.6 is 0 Å². The highest BCUT2D eigenvalue weighted by Gasteiger charge is 2.20. The van der Waals surface area contributed by atoms with E-state index < -0.39 is 0 Å². The third-order valence-corrected chi connectivity index (χ3v) is 5.48. The van der Waals surface area contributed by atoms with Gasteiger partial charge in [-0.05, 0) is 54.2 Å². The van der Waals surface area contributed by atoms with Gasteiger partial charge in [-0.1, -0.05) is 46.8 Å². The molecule has 1 amide bonds. The molecule has 5 heteroatoms. The van der Waals surface area contributed by atoms with Crippen LogP contribution in [0.1, 0.15) is 62.8 Å². The van der Waals surface area contributed by atoms with Crippen LogP contribution in [0.2, 0.25) is 0 Å². The molecule has 32 heavy (non-hydrogen) atoms. The van der Waals surface area contributed by atoms with Crippen molar-refractivity contribution in [3.63, 3.8) is 0 Å². The molecule has 5 nitrogen and oxygen atoms in total. The molecule has 0 radical (unpaired) electrons. The maximum Gasteiger partial charge on any atom is 0.253 e. The van der Waals surface area contributed by atoms with Crippen molar-refractivity contribution in [2.45, 2.75) is 54.0 Å². The van der Waals surface area contributed by atoms with Crippen LogP contribution in [-0.2, 0) is 13.0 Å². The van der Waals surface area contributed by atoms with Crippen molar-refractivity contribution in [2.75, 3.05) is 20.2 Å². The maximum atomic E-state index is 13.4. The number of fused-ring (bicyclic) bond motifs is 1. The number of ether oxygens (including phenoxy) is 1. The van der Waals surface area contributed by atoms with Gasteiger partial charge in [-0.25, -0.2) is 4.98 Å². The van der Waals surface area contributed by atoms with Crippen LogP contribution in [0.5, 0.6) is 5.75 Å². The lowest BCUT2D eigenvalue weighted by molar-refractivity contribution is 0.0715. The van der Waals surface area contributed by atoms with E-state index in [0.29, 0.717) is 11.8 Å². The van der Waals surface area contributed by atoms with Gasteiger partial charge >= 0.3 is 0 Å². The molecule has 0 aliphatic carbocycles. The van der Waals surface area contributed by atoms with Gasteiger partial charge in [0.2, 0.25) is 0 Å². The molecule has 0 saturated heterocycles. The summed E-state index contributed by atoms with van der Waals surface area (Å²) in [6.07, 6.45) is 1.73. The Kier molecular flexibility index (Phi) is 7.94. The molecule has 172 valence electrons. The topological polar surface area (TPSA) is 47.4 Å². The molecule has 0 fully saturated rings. The van der Waals surface area contributed by atoms with Crippen LogP contribution in [0, 0.1) is 11.8 Å². The molecule has 1 heterocycles. The van der Waals surface area contributed by atoms with Gasteiger partial charge in [0.1, 0.15) is 11.6 Å². The summed E-state index contributed by atoms with van der Waals surface area (Å²) < 4.78 is 7.64. The molecule has 0 atom stereocenters. The summed E-state index contributed by atoms with van der Waals surface area (Å²) in [4.78, 5) is 20.3. The first kappa shape index (κ1) is 23.8. The van der Waals surface area contributed by atoms with E-state index in [4.69, 9.17) is 9.72 Å². The van der Waals surface area contributed by atoms with E-state index in [-0.39, 0.29) is 5.91 Å². The first-order chi connectivity index (χ1) is 15.3. The Balaban J connectivity index is 1.97. The molecule has 0 saturated carbocycles. The van der Waals surface area contributed by atoms with E-state index in [1.807, 2.05) is 35.2 Å². The third kappa shape index (κ3) is 5.70. The molecule has 3 aromatic rings. The Hall–Kier alpha value is -2.82. The quantitative estimate of drug-likeness (QED) is 0.404. The van der Waals surface area contributed by atoms with Crippen molar-refractivity contribution in [2.24, 2.45) is 11.8 Å². The van der Waals surface area contributed by atoms with Crippen molar-refractivity contribution in [3.8, 4) is 5.75 Å². The van der Waals surface area contributed by atoms with E-state index in [9.17, 15) is 4.79 Å². The van der Waals surface area contributed by atoms with Crippen LogP contribution in [0.15, 0.2) is 42.5 Å². The molecule has 1 aromatic heterocycles. The Labute approximate surface area is 192 Å². The monoisotopic (exact) mass is 435 g/mol. The highest BCUT2D eigenvalue weighted by atomic mass is 16.5. The fourth-order valence-electron chi connectivity index (χ4n) is 4.18. The number of imidazole rings is 1. The number of methoxy groups -OCH3 is 1. The van der Waals surface area contributed by atoms with Crippen LogP contribution in [0.3, 0.4) is 0 Å². The number of hydrogen-bond donors (Lipinski definition) is 0. The van der Waals surface area contributed by atoms with E-state index in [0.717, 1.165) is 66.2 Å². The molecule has 0 unspecified atom stereocenters. The predicted molar refractivity (Wildman–Crippen MR) is 131 cm³/mol. The standard InChI is InChI=1S/C27H37N3O2/c1-7-13-30-25-16-22(27(31)29(17-19(2)3)18-20(4)5)11-12-24(25)28-26(30)15-21-9-8-10-23(14-21)32-6/h8-12,14,16,19-20H,7,13,15,17-18H2,1-6H3. The maximum absolute atomic E-state index is 13.4. The van der Waals surface area contributed by atoms with Crippen LogP contribution in [0.25, 0.3) is 11.0 Å². The fourth-order valence-corrected chi connectivity index (χ4v) is 4.18. The number of rotatable bonds is 10. The fraction of sp³-hybridized carbons (Fsp3) is 0.481. The lowest BCUT2D eigenvalue weighted by Gasteiger charge is -2.26. The molecule has 0 bridgehead atoms. The largest absolute Gasteiger partial charge is 0.497 e. The summed E-state index contributed by atoms with van der Waals surface area (Å²) in [5.41, 5.74) is 3.87. The summed E-state index contributed by atoms with van der Waals surface area (Å²) >= 11 is 0. The van der Waals surface area contributed by atoms with Crippen LogP contribution in [0.4, 0.5) is 0 Å². The Morgan fingerprint density at radius 2 is 1.78 bits per heavy atom.